The lowest BCUT2D eigenvalue weighted by Gasteiger charge is -2.28. The van der Waals surface area contributed by atoms with Gasteiger partial charge in [-0.15, -0.1) is 0 Å². The van der Waals surface area contributed by atoms with Gasteiger partial charge < -0.3 is 23.8 Å². The molecule has 0 spiro atoms. The standard InChI is InChI=1S/C20H30N2O5/c1-3-22(20(23)25-12-9-21-7-4-10-24-11-8-21)16(2)13-17-5-6-18-19(14-17)27-15-26-18/h5-6,14,16H,3-4,7-13,15H2,1-2H3. The summed E-state index contributed by atoms with van der Waals surface area (Å²) in [4.78, 5) is 16.6. The van der Waals surface area contributed by atoms with Gasteiger partial charge in [0.25, 0.3) is 0 Å². The van der Waals surface area contributed by atoms with E-state index in [2.05, 4.69) is 4.90 Å². The average Bonchev–Trinajstić information content (AvgIpc) is 2.96. The van der Waals surface area contributed by atoms with Crippen LogP contribution in [-0.4, -0.2) is 74.7 Å². The van der Waals surface area contributed by atoms with E-state index in [-0.39, 0.29) is 18.9 Å². The van der Waals surface area contributed by atoms with Crippen LogP contribution in [0.3, 0.4) is 0 Å². The molecule has 1 unspecified atom stereocenters. The van der Waals surface area contributed by atoms with E-state index in [0.717, 1.165) is 62.8 Å². The maximum Gasteiger partial charge on any atom is 0.410 e. The molecule has 1 aromatic carbocycles. The summed E-state index contributed by atoms with van der Waals surface area (Å²) < 4.78 is 21.8. The topological polar surface area (TPSA) is 60.5 Å². The van der Waals surface area contributed by atoms with Gasteiger partial charge in [-0.2, -0.15) is 0 Å². The molecule has 0 radical (unpaired) electrons. The number of amides is 1. The van der Waals surface area contributed by atoms with E-state index in [4.69, 9.17) is 18.9 Å². The Bertz CT molecular complexity index is 616. The number of carbonyl (C=O) groups is 1. The molecule has 150 valence electrons. The second-order valence-electron chi connectivity index (χ2n) is 6.95. The second kappa shape index (κ2) is 9.80. The SMILES string of the molecule is CCN(C(=O)OCCN1CCCOCC1)C(C)Cc1ccc2c(c1)OCO2. The zero-order valence-corrected chi connectivity index (χ0v) is 16.3. The van der Waals surface area contributed by atoms with Gasteiger partial charge in [0, 0.05) is 38.8 Å². The van der Waals surface area contributed by atoms with Gasteiger partial charge in [-0.05, 0) is 44.4 Å². The molecule has 0 aromatic heterocycles. The van der Waals surface area contributed by atoms with Crippen LogP contribution in [0.1, 0.15) is 25.8 Å². The van der Waals surface area contributed by atoms with Crippen molar-refractivity contribution in [2.45, 2.75) is 32.7 Å². The summed E-state index contributed by atoms with van der Waals surface area (Å²) >= 11 is 0. The average molecular weight is 378 g/mol. The van der Waals surface area contributed by atoms with Crippen molar-refractivity contribution in [2.75, 3.05) is 52.8 Å². The van der Waals surface area contributed by atoms with E-state index in [1.54, 1.807) is 4.90 Å². The molecule has 1 saturated heterocycles. The number of nitrogens with zero attached hydrogens (tertiary/aromatic N) is 2. The number of rotatable bonds is 7. The maximum atomic E-state index is 12.5. The van der Waals surface area contributed by atoms with E-state index < -0.39 is 0 Å². The van der Waals surface area contributed by atoms with Crippen molar-refractivity contribution in [3.05, 3.63) is 23.8 Å². The summed E-state index contributed by atoms with van der Waals surface area (Å²) in [6.07, 6.45) is 1.52. The number of likely N-dealkylation sites (N-methyl/N-ethyl adjacent to an activating group) is 1. The first-order valence-electron chi connectivity index (χ1n) is 9.79. The van der Waals surface area contributed by atoms with Crippen LogP contribution in [0.4, 0.5) is 4.79 Å². The number of fused-ring (bicyclic) bond motifs is 1. The molecule has 3 rings (SSSR count). The maximum absolute atomic E-state index is 12.5. The number of carbonyl (C=O) groups excluding carboxylic acids is 1. The quantitative estimate of drug-likeness (QED) is 0.727. The lowest BCUT2D eigenvalue weighted by Crippen LogP contribution is -2.41. The highest BCUT2D eigenvalue weighted by Gasteiger charge is 2.22. The van der Waals surface area contributed by atoms with Gasteiger partial charge in [-0.1, -0.05) is 6.07 Å². The second-order valence-corrected chi connectivity index (χ2v) is 6.95. The van der Waals surface area contributed by atoms with Gasteiger partial charge in [0.1, 0.15) is 6.61 Å². The molecule has 7 nitrogen and oxygen atoms in total. The Labute approximate surface area is 161 Å². The molecule has 7 heteroatoms. The summed E-state index contributed by atoms with van der Waals surface area (Å²) in [5.74, 6) is 1.55. The Morgan fingerprint density at radius 3 is 2.96 bits per heavy atom. The van der Waals surface area contributed by atoms with Crippen molar-refractivity contribution in [1.82, 2.24) is 9.80 Å². The van der Waals surface area contributed by atoms with Gasteiger partial charge >= 0.3 is 6.09 Å². The van der Waals surface area contributed by atoms with Crippen LogP contribution in [0.2, 0.25) is 0 Å². The molecule has 1 atom stereocenters. The summed E-state index contributed by atoms with van der Waals surface area (Å²) in [5.41, 5.74) is 1.11. The molecular weight excluding hydrogens is 348 g/mol. The van der Waals surface area contributed by atoms with E-state index in [1.165, 1.54) is 0 Å². The van der Waals surface area contributed by atoms with Crippen LogP contribution in [0, 0.1) is 0 Å². The summed E-state index contributed by atoms with van der Waals surface area (Å²) in [7, 11) is 0. The fraction of sp³-hybridized carbons (Fsp3) is 0.650. The van der Waals surface area contributed by atoms with E-state index in [9.17, 15) is 4.79 Å². The van der Waals surface area contributed by atoms with Crippen molar-refractivity contribution < 1.29 is 23.7 Å². The first-order valence-corrected chi connectivity index (χ1v) is 9.79. The Morgan fingerprint density at radius 2 is 2.11 bits per heavy atom. The minimum Gasteiger partial charge on any atom is -0.454 e. The number of hydrogen-bond donors (Lipinski definition) is 0. The van der Waals surface area contributed by atoms with Crippen molar-refractivity contribution >= 4 is 6.09 Å². The van der Waals surface area contributed by atoms with Crippen LogP contribution in [0.25, 0.3) is 0 Å². The first kappa shape index (κ1) is 19.8. The number of hydrogen-bond acceptors (Lipinski definition) is 6. The highest BCUT2D eigenvalue weighted by atomic mass is 16.7. The molecule has 1 aromatic rings. The normalized spacial score (nSPS) is 18.0. The molecule has 0 aliphatic carbocycles. The molecular formula is C20H30N2O5. The Morgan fingerprint density at radius 1 is 1.26 bits per heavy atom. The molecule has 0 saturated carbocycles. The molecule has 2 aliphatic rings. The van der Waals surface area contributed by atoms with E-state index >= 15 is 0 Å². The Balaban J connectivity index is 1.46. The largest absolute Gasteiger partial charge is 0.454 e. The van der Waals surface area contributed by atoms with Gasteiger partial charge in [0.05, 0.1) is 6.61 Å². The molecule has 0 bridgehead atoms. The van der Waals surface area contributed by atoms with E-state index in [0.29, 0.717) is 13.2 Å². The Kier molecular flexibility index (Phi) is 7.18. The van der Waals surface area contributed by atoms with Crippen LogP contribution in [0.15, 0.2) is 18.2 Å². The summed E-state index contributed by atoms with van der Waals surface area (Å²) in [6.45, 7) is 9.53. The monoisotopic (exact) mass is 378 g/mol. The minimum absolute atomic E-state index is 0.0365. The van der Waals surface area contributed by atoms with Crippen molar-refractivity contribution in [3.63, 3.8) is 0 Å². The van der Waals surface area contributed by atoms with Crippen LogP contribution in [-0.2, 0) is 15.9 Å². The molecule has 27 heavy (non-hydrogen) atoms. The zero-order chi connectivity index (χ0) is 19.1. The van der Waals surface area contributed by atoms with Crippen LogP contribution < -0.4 is 9.47 Å². The third-order valence-electron chi connectivity index (χ3n) is 5.02. The molecule has 1 fully saturated rings. The van der Waals surface area contributed by atoms with Gasteiger partial charge in [-0.25, -0.2) is 4.79 Å². The lowest BCUT2D eigenvalue weighted by atomic mass is 10.1. The molecule has 1 amide bonds. The number of ether oxygens (including phenoxy) is 4. The van der Waals surface area contributed by atoms with Crippen LogP contribution >= 0.6 is 0 Å². The molecule has 2 heterocycles. The Hall–Kier alpha value is -1.99. The fourth-order valence-electron chi connectivity index (χ4n) is 3.51. The summed E-state index contributed by atoms with van der Waals surface area (Å²) in [6, 6.07) is 5.96. The predicted octanol–water partition coefficient (Wildman–Crippen LogP) is 2.53. The summed E-state index contributed by atoms with van der Waals surface area (Å²) in [5, 5.41) is 0. The highest BCUT2D eigenvalue weighted by molar-refractivity contribution is 5.68. The van der Waals surface area contributed by atoms with Crippen molar-refractivity contribution in [2.24, 2.45) is 0 Å². The highest BCUT2D eigenvalue weighted by Crippen LogP contribution is 2.33. The smallest absolute Gasteiger partial charge is 0.410 e. The molecule has 0 N–H and O–H groups in total. The van der Waals surface area contributed by atoms with Gasteiger partial charge in [0.15, 0.2) is 11.5 Å². The van der Waals surface area contributed by atoms with Crippen molar-refractivity contribution in [1.29, 1.82) is 0 Å². The number of benzene rings is 1. The van der Waals surface area contributed by atoms with Crippen LogP contribution in [0.5, 0.6) is 11.5 Å². The zero-order valence-electron chi connectivity index (χ0n) is 16.3. The molecule has 2 aliphatic heterocycles. The fourth-order valence-corrected chi connectivity index (χ4v) is 3.51. The van der Waals surface area contributed by atoms with Gasteiger partial charge in [0.2, 0.25) is 6.79 Å². The predicted molar refractivity (Wildman–Crippen MR) is 101 cm³/mol. The lowest BCUT2D eigenvalue weighted by molar-refractivity contribution is 0.0794. The first-order chi connectivity index (χ1) is 13.2. The third-order valence-corrected chi connectivity index (χ3v) is 5.02. The van der Waals surface area contributed by atoms with E-state index in [1.807, 2.05) is 32.0 Å². The minimum atomic E-state index is -0.253. The third kappa shape index (κ3) is 5.49. The van der Waals surface area contributed by atoms with Gasteiger partial charge in [-0.3, -0.25) is 4.90 Å². The van der Waals surface area contributed by atoms with Crippen molar-refractivity contribution in [3.8, 4) is 11.5 Å².